The Morgan fingerprint density at radius 1 is 1.05 bits per heavy atom. The summed E-state index contributed by atoms with van der Waals surface area (Å²) in [5.41, 5.74) is 2.88. The molecule has 1 fully saturated rings. The number of hydrogen-bond donors (Lipinski definition) is 1. The topological polar surface area (TPSA) is 38.3 Å². The third kappa shape index (κ3) is 2.57. The SMILES string of the molecule is O=Cc1cccc(C2NC(c3ccccc3)CO2)c1. The van der Waals surface area contributed by atoms with E-state index < -0.39 is 0 Å². The van der Waals surface area contributed by atoms with Crippen molar-refractivity contribution in [1.29, 1.82) is 0 Å². The number of carbonyl (C=O) groups excluding carboxylic acids is 1. The molecule has 3 nitrogen and oxygen atoms in total. The third-order valence-corrected chi connectivity index (χ3v) is 3.33. The Kier molecular flexibility index (Phi) is 3.40. The number of rotatable bonds is 3. The predicted octanol–water partition coefficient (Wildman–Crippen LogP) is 2.86. The Morgan fingerprint density at radius 2 is 1.84 bits per heavy atom. The Balaban J connectivity index is 1.77. The minimum Gasteiger partial charge on any atom is -0.357 e. The summed E-state index contributed by atoms with van der Waals surface area (Å²) < 4.78 is 5.78. The van der Waals surface area contributed by atoms with Crippen LogP contribution < -0.4 is 5.32 Å². The van der Waals surface area contributed by atoms with Gasteiger partial charge in [-0.25, -0.2) is 0 Å². The molecular weight excluding hydrogens is 238 g/mol. The molecule has 0 aliphatic carbocycles. The zero-order valence-electron chi connectivity index (χ0n) is 10.5. The molecule has 1 saturated heterocycles. The van der Waals surface area contributed by atoms with Gasteiger partial charge in [0.25, 0.3) is 0 Å². The van der Waals surface area contributed by atoms with Crippen molar-refractivity contribution >= 4 is 6.29 Å². The monoisotopic (exact) mass is 253 g/mol. The largest absolute Gasteiger partial charge is 0.357 e. The molecule has 2 aromatic carbocycles. The highest BCUT2D eigenvalue weighted by Crippen LogP contribution is 2.28. The van der Waals surface area contributed by atoms with E-state index in [1.165, 1.54) is 5.56 Å². The average molecular weight is 253 g/mol. The van der Waals surface area contributed by atoms with Gasteiger partial charge in [-0.15, -0.1) is 0 Å². The molecule has 0 bridgehead atoms. The van der Waals surface area contributed by atoms with Crippen LogP contribution in [0.4, 0.5) is 0 Å². The first-order valence-corrected chi connectivity index (χ1v) is 6.34. The minimum atomic E-state index is -0.148. The number of ether oxygens (including phenoxy) is 1. The van der Waals surface area contributed by atoms with Crippen LogP contribution in [0.5, 0.6) is 0 Å². The van der Waals surface area contributed by atoms with Gasteiger partial charge in [0.05, 0.1) is 12.6 Å². The number of aldehydes is 1. The molecule has 2 atom stereocenters. The fourth-order valence-electron chi connectivity index (χ4n) is 2.34. The molecule has 0 spiro atoms. The first kappa shape index (κ1) is 12.1. The van der Waals surface area contributed by atoms with E-state index >= 15 is 0 Å². The lowest BCUT2D eigenvalue weighted by Crippen LogP contribution is -2.18. The van der Waals surface area contributed by atoms with Crippen molar-refractivity contribution < 1.29 is 9.53 Å². The summed E-state index contributed by atoms with van der Waals surface area (Å²) in [4.78, 5) is 10.8. The van der Waals surface area contributed by atoms with Crippen molar-refractivity contribution in [3.05, 3.63) is 71.3 Å². The second-order valence-electron chi connectivity index (χ2n) is 4.63. The van der Waals surface area contributed by atoms with Crippen LogP contribution in [-0.2, 0) is 4.74 Å². The zero-order valence-corrected chi connectivity index (χ0v) is 10.5. The maximum Gasteiger partial charge on any atom is 0.150 e. The summed E-state index contributed by atoms with van der Waals surface area (Å²) in [6, 6.07) is 17.9. The van der Waals surface area contributed by atoms with E-state index in [1.54, 1.807) is 6.07 Å². The standard InChI is InChI=1S/C16H15NO2/c18-10-12-5-4-8-14(9-12)16-17-15(11-19-16)13-6-2-1-3-7-13/h1-10,15-17H,11H2. The van der Waals surface area contributed by atoms with E-state index in [0.717, 1.165) is 11.8 Å². The summed E-state index contributed by atoms with van der Waals surface area (Å²) in [5.74, 6) is 0. The molecule has 2 unspecified atom stereocenters. The Hall–Kier alpha value is -1.97. The van der Waals surface area contributed by atoms with Crippen molar-refractivity contribution in [1.82, 2.24) is 5.32 Å². The molecule has 1 aliphatic heterocycles. The lowest BCUT2D eigenvalue weighted by molar-refractivity contribution is 0.101. The van der Waals surface area contributed by atoms with E-state index in [4.69, 9.17) is 4.74 Å². The summed E-state index contributed by atoms with van der Waals surface area (Å²) in [5, 5.41) is 3.44. The van der Waals surface area contributed by atoms with E-state index in [-0.39, 0.29) is 12.3 Å². The molecular formula is C16H15NO2. The highest BCUT2D eigenvalue weighted by molar-refractivity contribution is 5.74. The molecule has 96 valence electrons. The van der Waals surface area contributed by atoms with Crippen LogP contribution in [0.2, 0.25) is 0 Å². The number of hydrogen-bond acceptors (Lipinski definition) is 3. The maximum atomic E-state index is 10.8. The van der Waals surface area contributed by atoms with Crippen molar-refractivity contribution in [3.8, 4) is 0 Å². The molecule has 2 aromatic rings. The summed E-state index contributed by atoms with van der Waals surface area (Å²) >= 11 is 0. The Labute approximate surface area is 112 Å². The van der Waals surface area contributed by atoms with E-state index in [2.05, 4.69) is 17.4 Å². The molecule has 1 aliphatic rings. The van der Waals surface area contributed by atoms with Gasteiger partial charge in [0.1, 0.15) is 12.5 Å². The van der Waals surface area contributed by atoms with Gasteiger partial charge < -0.3 is 4.74 Å². The minimum absolute atomic E-state index is 0.148. The lowest BCUT2D eigenvalue weighted by Gasteiger charge is -2.13. The molecule has 0 radical (unpaired) electrons. The van der Waals surface area contributed by atoms with Gasteiger partial charge in [0.15, 0.2) is 0 Å². The van der Waals surface area contributed by atoms with Crippen molar-refractivity contribution in [2.24, 2.45) is 0 Å². The van der Waals surface area contributed by atoms with E-state index in [1.807, 2.05) is 36.4 Å². The Morgan fingerprint density at radius 3 is 2.63 bits per heavy atom. The van der Waals surface area contributed by atoms with Crippen molar-refractivity contribution in [2.45, 2.75) is 12.3 Å². The predicted molar refractivity (Wildman–Crippen MR) is 72.8 cm³/mol. The van der Waals surface area contributed by atoms with Crippen LogP contribution >= 0.6 is 0 Å². The molecule has 0 saturated carbocycles. The third-order valence-electron chi connectivity index (χ3n) is 3.33. The van der Waals surface area contributed by atoms with Gasteiger partial charge in [-0.1, -0.05) is 48.5 Å². The summed E-state index contributed by atoms with van der Waals surface area (Å²) in [6.07, 6.45) is 0.706. The molecule has 0 aromatic heterocycles. The zero-order chi connectivity index (χ0) is 13.1. The summed E-state index contributed by atoms with van der Waals surface area (Å²) in [6.45, 7) is 0.639. The quantitative estimate of drug-likeness (QED) is 0.855. The average Bonchev–Trinajstić information content (AvgIpc) is 2.98. The fourth-order valence-corrected chi connectivity index (χ4v) is 2.34. The van der Waals surface area contributed by atoms with Crippen LogP contribution in [0.3, 0.4) is 0 Å². The molecule has 1 N–H and O–H groups in total. The first-order valence-electron chi connectivity index (χ1n) is 6.34. The maximum absolute atomic E-state index is 10.8. The van der Waals surface area contributed by atoms with Crippen LogP contribution in [0.15, 0.2) is 54.6 Å². The van der Waals surface area contributed by atoms with Gasteiger partial charge >= 0.3 is 0 Å². The van der Waals surface area contributed by atoms with Crippen molar-refractivity contribution in [2.75, 3.05) is 6.61 Å². The van der Waals surface area contributed by atoms with Crippen LogP contribution in [0, 0.1) is 0 Å². The van der Waals surface area contributed by atoms with Crippen LogP contribution in [0.1, 0.15) is 33.8 Å². The van der Waals surface area contributed by atoms with E-state index in [0.29, 0.717) is 12.2 Å². The highest BCUT2D eigenvalue weighted by Gasteiger charge is 2.26. The highest BCUT2D eigenvalue weighted by atomic mass is 16.5. The molecule has 3 rings (SSSR count). The van der Waals surface area contributed by atoms with Gasteiger partial charge in [-0.3, -0.25) is 10.1 Å². The van der Waals surface area contributed by atoms with Gasteiger partial charge in [-0.05, 0) is 17.2 Å². The normalized spacial score (nSPS) is 22.3. The summed E-state index contributed by atoms with van der Waals surface area (Å²) in [7, 11) is 0. The van der Waals surface area contributed by atoms with Crippen LogP contribution in [0.25, 0.3) is 0 Å². The molecule has 1 heterocycles. The van der Waals surface area contributed by atoms with Gasteiger partial charge in [0, 0.05) is 5.56 Å². The van der Waals surface area contributed by atoms with Gasteiger partial charge in [-0.2, -0.15) is 0 Å². The van der Waals surface area contributed by atoms with Gasteiger partial charge in [0.2, 0.25) is 0 Å². The number of benzene rings is 2. The van der Waals surface area contributed by atoms with Crippen molar-refractivity contribution in [3.63, 3.8) is 0 Å². The number of carbonyl (C=O) groups is 1. The Bertz CT molecular complexity index is 568. The molecule has 0 amide bonds. The molecule has 19 heavy (non-hydrogen) atoms. The van der Waals surface area contributed by atoms with Crippen LogP contribution in [-0.4, -0.2) is 12.9 Å². The second-order valence-corrected chi connectivity index (χ2v) is 4.63. The number of nitrogens with one attached hydrogen (secondary N) is 1. The first-order chi connectivity index (χ1) is 9.36. The lowest BCUT2D eigenvalue weighted by atomic mass is 10.1. The fraction of sp³-hybridized carbons (Fsp3) is 0.188. The van der Waals surface area contributed by atoms with E-state index in [9.17, 15) is 4.79 Å². The second kappa shape index (κ2) is 5.34. The smallest absolute Gasteiger partial charge is 0.150 e. The molecule has 3 heteroatoms.